The molecule has 0 fully saturated rings. The highest BCUT2D eigenvalue weighted by atomic mass is 35.5. The summed E-state index contributed by atoms with van der Waals surface area (Å²) in [4.78, 5) is 0. The van der Waals surface area contributed by atoms with Gasteiger partial charge < -0.3 is 5.32 Å². The van der Waals surface area contributed by atoms with Gasteiger partial charge in [0, 0.05) is 11.1 Å². The average Bonchev–Trinajstić information content (AvgIpc) is 2.94. The Morgan fingerprint density at radius 3 is 2.71 bits per heavy atom. The maximum atomic E-state index is 14.0. The lowest BCUT2D eigenvalue weighted by Crippen LogP contribution is -2.19. The first-order valence-electron chi connectivity index (χ1n) is 7.40. The zero-order valence-electron chi connectivity index (χ0n) is 12.1. The number of fused-ring (bicyclic) bond motifs is 1. The van der Waals surface area contributed by atoms with Gasteiger partial charge in [0.25, 0.3) is 0 Å². The van der Waals surface area contributed by atoms with Crippen molar-refractivity contribution in [2.75, 3.05) is 7.05 Å². The monoisotopic (exact) mass is 303 g/mol. The summed E-state index contributed by atoms with van der Waals surface area (Å²) in [6.45, 7) is 0. The molecule has 0 spiro atoms. The Balaban J connectivity index is 1.85. The molecule has 0 saturated heterocycles. The Morgan fingerprint density at radius 2 is 1.95 bits per heavy atom. The predicted molar refractivity (Wildman–Crippen MR) is 85.4 cm³/mol. The highest BCUT2D eigenvalue weighted by Crippen LogP contribution is 2.27. The molecule has 21 heavy (non-hydrogen) atoms. The molecular formula is C18H19ClFN. The molecule has 2 aromatic carbocycles. The van der Waals surface area contributed by atoms with Crippen LogP contribution in [0.5, 0.6) is 0 Å². The largest absolute Gasteiger partial charge is 0.313 e. The number of benzene rings is 2. The molecule has 0 aliphatic heterocycles. The molecule has 1 nitrogen and oxygen atoms in total. The van der Waals surface area contributed by atoms with Crippen LogP contribution in [0.3, 0.4) is 0 Å². The summed E-state index contributed by atoms with van der Waals surface area (Å²) < 4.78 is 14.0. The van der Waals surface area contributed by atoms with E-state index in [2.05, 4.69) is 23.5 Å². The topological polar surface area (TPSA) is 12.0 Å². The van der Waals surface area contributed by atoms with Crippen molar-refractivity contribution in [2.45, 2.75) is 31.7 Å². The van der Waals surface area contributed by atoms with E-state index in [1.54, 1.807) is 12.1 Å². The van der Waals surface area contributed by atoms with Crippen molar-refractivity contribution in [1.82, 2.24) is 5.32 Å². The summed E-state index contributed by atoms with van der Waals surface area (Å²) in [7, 11) is 1.92. The van der Waals surface area contributed by atoms with E-state index in [0.29, 0.717) is 17.0 Å². The number of hydrogen-bond acceptors (Lipinski definition) is 1. The summed E-state index contributed by atoms with van der Waals surface area (Å²) >= 11 is 5.81. The summed E-state index contributed by atoms with van der Waals surface area (Å²) in [5.41, 5.74) is 4.84. The normalized spacial score (nSPS) is 15.0. The Kier molecular flexibility index (Phi) is 4.27. The van der Waals surface area contributed by atoms with Crippen LogP contribution in [0.2, 0.25) is 5.02 Å². The lowest BCUT2D eigenvalue weighted by molar-refractivity contribution is 0.554. The van der Waals surface area contributed by atoms with E-state index in [9.17, 15) is 4.39 Å². The molecule has 1 atom stereocenters. The Hall–Kier alpha value is -1.38. The number of halogens is 2. The van der Waals surface area contributed by atoms with E-state index >= 15 is 0 Å². The van der Waals surface area contributed by atoms with Crippen LogP contribution in [-0.2, 0) is 19.3 Å². The SMILES string of the molecule is CNC(Cc1ccc(Cl)cc1F)c1ccc2c(c1)CCC2. The molecule has 0 radical (unpaired) electrons. The van der Waals surface area contributed by atoms with Crippen LogP contribution in [-0.4, -0.2) is 7.05 Å². The fourth-order valence-electron chi connectivity index (χ4n) is 3.10. The van der Waals surface area contributed by atoms with Crippen molar-refractivity contribution >= 4 is 11.6 Å². The number of hydrogen-bond donors (Lipinski definition) is 1. The second kappa shape index (κ2) is 6.17. The van der Waals surface area contributed by atoms with Crippen molar-refractivity contribution in [2.24, 2.45) is 0 Å². The zero-order valence-corrected chi connectivity index (χ0v) is 12.9. The minimum atomic E-state index is -0.232. The standard InChI is InChI=1S/C18H19ClFN/c1-21-18(10-14-7-8-16(19)11-17(14)20)15-6-5-12-3-2-4-13(12)9-15/h5-9,11,18,21H,2-4,10H2,1H3. The minimum Gasteiger partial charge on any atom is -0.313 e. The lowest BCUT2D eigenvalue weighted by atomic mass is 9.96. The van der Waals surface area contributed by atoms with E-state index < -0.39 is 0 Å². The smallest absolute Gasteiger partial charge is 0.127 e. The molecule has 0 heterocycles. The van der Waals surface area contributed by atoms with Gasteiger partial charge in [0.05, 0.1) is 0 Å². The fourth-order valence-corrected chi connectivity index (χ4v) is 3.26. The van der Waals surface area contributed by atoms with E-state index in [1.165, 1.54) is 35.6 Å². The van der Waals surface area contributed by atoms with Crippen LogP contribution in [0, 0.1) is 5.82 Å². The Morgan fingerprint density at radius 1 is 1.14 bits per heavy atom. The first-order valence-corrected chi connectivity index (χ1v) is 7.78. The first kappa shape index (κ1) is 14.6. The molecule has 3 rings (SSSR count). The summed E-state index contributed by atoms with van der Waals surface area (Å²) in [5, 5.41) is 3.74. The van der Waals surface area contributed by atoms with Gasteiger partial charge in [-0.05, 0) is 67.1 Å². The fraction of sp³-hybridized carbons (Fsp3) is 0.333. The molecule has 1 N–H and O–H groups in total. The van der Waals surface area contributed by atoms with E-state index in [1.807, 2.05) is 7.05 Å². The molecule has 0 saturated carbocycles. The molecule has 0 amide bonds. The van der Waals surface area contributed by atoms with Gasteiger partial charge in [0.15, 0.2) is 0 Å². The maximum absolute atomic E-state index is 14.0. The molecule has 1 aliphatic rings. The van der Waals surface area contributed by atoms with Gasteiger partial charge >= 0.3 is 0 Å². The molecule has 2 aromatic rings. The van der Waals surface area contributed by atoms with Crippen molar-refractivity contribution in [3.8, 4) is 0 Å². The van der Waals surface area contributed by atoms with Gasteiger partial charge in [-0.3, -0.25) is 0 Å². The molecule has 110 valence electrons. The zero-order chi connectivity index (χ0) is 14.8. The molecule has 0 aromatic heterocycles. The number of aryl methyl sites for hydroxylation is 2. The highest BCUT2D eigenvalue weighted by Gasteiger charge is 2.17. The number of likely N-dealkylation sites (N-methyl/N-ethyl adjacent to an activating group) is 1. The van der Waals surface area contributed by atoms with Crippen molar-refractivity contribution in [1.29, 1.82) is 0 Å². The highest BCUT2D eigenvalue weighted by molar-refractivity contribution is 6.30. The number of nitrogens with one attached hydrogen (secondary N) is 1. The minimum absolute atomic E-state index is 0.117. The maximum Gasteiger partial charge on any atom is 0.127 e. The van der Waals surface area contributed by atoms with Gasteiger partial charge in [-0.15, -0.1) is 0 Å². The van der Waals surface area contributed by atoms with Crippen molar-refractivity contribution < 1.29 is 4.39 Å². The second-order valence-corrected chi connectivity index (χ2v) is 6.10. The van der Waals surface area contributed by atoms with E-state index in [-0.39, 0.29) is 11.9 Å². The van der Waals surface area contributed by atoms with Gasteiger partial charge in [0.2, 0.25) is 0 Å². The van der Waals surface area contributed by atoms with Crippen LogP contribution in [0.1, 0.15) is 34.7 Å². The second-order valence-electron chi connectivity index (χ2n) is 5.66. The van der Waals surface area contributed by atoms with E-state index in [4.69, 9.17) is 11.6 Å². The number of rotatable bonds is 4. The molecule has 1 unspecified atom stereocenters. The summed E-state index contributed by atoms with van der Waals surface area (Å²) in [6, 6.07) is 11.7. The third-order valence-electron chi connectivity index (χ3n) is 4.31. The molecule has 0 bridgehead atoms. The van der Waals surface area contributed by atoms with Gasteiger partial charge in [0.1, 0.15) is 5.82 Å². The van der Waals surface area contributed by atoms with Gasteiger partial charge in [-0.1, -0.05) is 35.9 Å². The molecule has 3 heteroatoms. The Bertz CT molecular complexity index is 654. The molecular weight excluding hydrogens is 285 g/mol. The third-order valence-corrected chi connectivity index (χ3v) is 4.55. The van der Waals surface area contributed by atoms with Gasteiger partial charge in [-0.25, -0.2) is 4.39 Å². The van der Waals surface area contributed by atoms with Crippen LogP contribution < -0.4 is 5.32 Å². The summed E-state index contributed by atoms with van der Waals surface area (Å²) in [5.74, 6) is -0.232. The van der Waals surface area contributed by atoms with Crippen LogP contribution >= 0.6 is 11.6 Å². The van der Waals surface area contributed by atoms with Crippen LogP contribution in [0.4, 0.5) is 4.39 Å². The first-order chi connectivity index (χ1) is 10.2. The lowest BCUT2D eigenvalue weighted by Gasteiger charge is -2.18. The summed E-state index contributed by atoms with van der Waals surface area (Å²) in [6.07, 6.45) is 4.22. The predicted octanol–water partition coefficient (Wildman–Crippen LogP) is 4.47. The van der Waals surface area contributed by atoms with Crippen LogP contribution in [0.15, 0.2) is 36.4 Å². The van der Waals surface area contributed by atoms with Gasteiger partial charge in [-0.2, -0.15) is 0 Å². The van der Waals surface area contributed by atoms with Crippen molar-refractivity contribution in [3.63, 3.8) is 0 Å². The third kappa shape index (κ3) is 3.12. The molecule has 1 aliphatic carbocycles. The van der Waals surface area contributed by atoms with Crippen molar-refractivity contribution in [3.05, 3.63) is 69.5 Å². The van der Waals surface area contributed by atoms with E-state index in [0.717, 1.165) is 6.42 Å². The average molecular weight is 304 g/mol. The quantitative estimate of drug-likeness (QED) is 0.878. The van der Waals surface area contributed by atoms with Crippen LogP contribution in [0.25, 0.3) is 0 Å². The Labute approximate surface area is 130 Å².